The molecule has 0 saturated carbocycles. The van der Waals surface area contributed by atoms with Crippen molar-refractivity contribution in [3.8, 4) is 0 Å². The van der Waals surface area contributed by atoms with E-state index < -0.39 is 0 Å². The van der Waals surface area contributed by atoms with E-state index in [-0.39, 0.29) is 5.56 Å². The summed E-state index contributed by atoms with van der Waals surface area (Å²) in [5, 5.41) is 4.17. The molecule has 3 rings (SSSR count). The number of thioether (sulfide) groups is 1. The lowest BCUT2D eigenvalue weighted by Gasteiger charge is -2.10. The Bertz CT molecular complexity index is 619. The van der Waals surface area contributed by atoms with Crippen LogP contribution in [-0.2, 0) is 6.42 Å². The van der Waals surface area contributed by atoms with Crippen LogP contribution < -0.4 is 10.9 Å². The van der Waals surface area contributed by atoms with Crippen molar-refractivity contribution in [2.75, 3.05) is 18.1 Å². The molecule has 1 fully saturated rings. The number of aromatic nitrogens is 2. The Morgan fingerprint density at radius 3 is 3.16 bits per heavy atom. The molecule has 1 saturated heterocycles. The van der Waals surface area contributed by atoms with Crippen molar-refractivity contribution in [3.05, 3.63) is 40.4 Å². The van der Waals surface area contributed by atoms with Gasteiger partial charge in [-0.3, -0.25) is 4.79 Å². The van der Waals surface area contributed by atoms with Crippen molar-refractivity contribution in [1.29, 1.82) is 0 Å². The standard InChI is InChI=1S/C14H17N3OS/c18-14-11-3-1-2-4-12(11)16-13(17-14)5-7-15-10-6-8-19-9-10/h1-4,10,15H,5-9H2,(H,16,17,18). The van der Waals surface area contributed by atoms with Crippen molar-refractivity contribution in [2.24, 2.45) is 0 Å². The van der Waals surface area contributed by atoms with Gasteiger partial charge in [0, 0.05) is 24.8 Å². The number of hydrogen-bond acceptors (Lipinski definition) is 4. The van der Waals surface area contributed by atoms with Gasteiger partial charge in [0.1, 0.15) is 5.82 Å². The number of benzene rings is 1. The minimum Gasteiger partial charge on any atom is -0.313 e. The van der Waals surface area contributed by atoms with Gasteiger partial charge >= 0.3 is 0 Å². The Labute approximate surface area is 116 Å². The summed E-state index contributed by atoms with van der Waals surface area (Å²) < 4.78 is 0. The van der Waals surface area contributed by atoms with E-state index >= 15 is 0 Å². The van der Waals surface area contributed by atoms with Crippen molar-refractivity contribution in [2.45, 2.75) is 18.9 Å². The highest BCUT2D eigenvalue weighted by atomic mass is 32.2. The molecule has 0 spiro atoms. The second kappa shape index (κ2) is 5.75. The molecule has 1 atom stereocenters. The molecule has 0 radical (unpaired) electrons. The highest BCUT2D eigenvalue weighted by Crippen LogP contribution is 2.16. The average Bonchev–Trinajstić information content (AvgIpc) is 2.92. The zero-order valence-electron chi connectivity index (χ0n) is 10.7. The maximum absolute atomic E-state index is 11.9. The summed E-state index contributed by atoms with van der Waals surface area (Å²) in [6.45, 7) is 0.868. The monoisotopic (exact) mass is 275 g/mol. The predicted octanol–water partition coefficient (Wildman–Crippen LogP) is 1.56. The third-order valence-corrected chi connectivity index (χ3v) is 4.55. The van der Waals surface area contributed by atoms with Gasteiger partial charge < -0.3 is 10.3 Å². The first-order valence-corrected chi connectivity index (χ1v) is 7.77. The van der Waals surface area contributed by atoms with Crippen LogP contribution in [0.25, 0.3) is 10.9 Å². The molecule has 1 aromatic carbocycles. The molecule has 1 unspecified atom stereocenters. The van der Waals surface area contributed by atoms with E-state index in [4.69, 9.17) is 0 Å². The van der Waals surface area contributed by atoms with E-state index in [1.54, 1.807) is 6.07 Å². The number of fused-ring (bicyclic) bond motifs is 1. The van der Waals surface area contributed by atoms with Crippen LogP contribution in [0.2, 0.25) is 0 Å². The number of aromatic amines is 1. The number of H-pyrrole nitrogens is 1. The lowest BCUT2D eigenvalue weighted by atomic mass is 10.2. The van der Waals surface area contributed by atoms with Crippen LogP contribution in [0.5, 0.6) is 0 Å². The summed E-state index contributed by atoms with van der Waals surface area (Å²) in [5.41, 5.74) is 0.731. The first kappa shape index (κ1) is 12.7. The summed E-state index contributed by atoms with van der Waals surface area (Å²) in [5.74, 6) is 3.21. The largest absolute Gasteiger partial charge is 0.313 e. The second-order valence-electron chi connectivity index (χ2n) is 4.79. The lowest BCUT2D eigenvalue weighted by molar-refractivity contribution is 0.555. The average molecular weight is 275 g/mol. The van der Waals surface area contributed by atoms with Crippen molar-refractivity contribution < 1.29 is 0 Å². The summed E-state index contributed by atoms with van der Waals surface area (Å²) in [7, 11) is 0. The van der Waals surface area contributed by atoms with Crippen LogP contribution in [0.3, 0.4) is 0 Å². The molecule has 1 aliphatic heterocycles. The Morgan fingerprint density at radius 1 is 1.42 bits per heavy atom. The van der Waals surface area contributed by atoms with Crippen LogP contribution in [-0.4, -0.2) is 34.1 Å². The van der Waals surface area contributed by atoms with Gasteiger partial charge in [0.15, 0.2) is 0 Å². The molecule has 1 aliphatic rings. The van der Waals surface area contributed by atoms with Crippen LogP contribution in [0, 0.1) is 0 Å². The summed E-state index contributed by atoms with van der Waals surface area (Å²) in [4.78, 5) is 19.3. The van der Waals surface area contributed by atoms with E-state index in [1.165, 1.54) is 17.9 Å². The highest BCUT2D eigenvalue weighted by Gasteiger charge is 2.14. The zero-order valence-corrected chi connectivity index (χ0v) is 11.5. The van der Waals surface area contributed by atoms with E-state index in [0.717, 1.165) is 24.3 Å². The van der Waals surface area contributed by atoms with Gasteiger partial charge in [-0.1, -0.05) is 12.1 Å². The van der Waals surface area contributed by atoms with Gasteiger partial charge in [0.05, 0.1) is 10.9 Å². The third kappa shape index (κ3) is 2.98. The third-order valence-electron chi connectivity index (χ3n) is 3.39. The molecule has 4 nitrogen and oxygen atoms in total. The SMILES string of the molecule is O=c1[nH]c(CCNC2CCSC2)nc2ccccc12. The summed E-state index contributed by atoms with van der Waals surface area (Å²) in [6.07, 6.45) is 2.01. The van der Waals surface area contributed by atoms with E-state index in [9.17, 15) is 4.79 Å². The Kier molecular flexibility index (Phi) is 3.84. The van der Waals surface area contributed by atoms with Gasteiger partial charge in [-0.15, -0.1) is 0 Å². The maximum Gasteiger partial charge on any atom is 0.258 e. The molecule has 0 aliphatic carbocycles. The number of nitrogens with zero attached hydrogens (tertiary/aromatic N) is 1. The number of para-hydroxylation sites is 1. The maximum atomic E-state index is 11.9. The Morgan fingerprint density at radius 2 is 2.32 bits per heavy atom. The van der Waals surface area contributed by atoms with E-state index in [2.05, 4.69) is 15.3 Å². The smallest absolute Gasteiger partial charge is 0.258 e. The lowest BCUT2D eigenvalue weighted by Crippen LogP contribution is -2.31. The Balaban J connectivity index is 1.69. The quantitative estimate of drug-likeness (QED) is 0.889. The first-order valence-electron chi connectivity index (χ1n) is 6.62. The van der Waals surface area contributed by atoms with Gasteiger partial charge in [-0.05, 0) is 24.3 Å². The summed E-state index contributed by atoms with van der Waals surface area (Å²) in [6, 6.07) is 8.08. The normalized spacial score (nSPS) is 19.1. The molecule has 1 aromatic heterocycles. The predicted molar refractivity (Wildman–Crippen MR) is 79.8 cm³/mol. The van der Waals surface area contributed by atoms with Gasteiger partial charge in [0.2, 0.25) is 0 Å². The number of nitrogens with one attached hydrogen (secondary N) is 2. The molecule has 19 heavy (non-hydrogen) atoms. The van der Waals surface area contributed by atoms with E-state index in [0.29, 0.717) is 11.4 Å². The fraction of sp³-hybridized carbons (Fsp3) is 0.429. The second-order valence-corrected chi connectivity index (χ2v) is 5.94. The minimum atomic E-state index is -0.0444. The molecule has 2 N–H and O–H groups in total. The van der Waals surface area contributed by atoms with Gasteiger partial charge in [-0.25, -0.2) is 4.98 Å². The molecular weight excluding hydrogens is 258 g/mol. The van der Waals surface area contributed by atoms with Crippen LogP contribution in [0.15, 0.2) is 29.1 Å². The molecule has 5 heteroatoms. The topological polar surface area (TPSA) is 57.8 Å². The minimum absolute atomic E-state index is 0.0444. The zero-order chi connectivity index (χ0) is 13.1. The number of hydrogen-bond donors (Lipinski definition) is 2. The highest BCUT2D eigenvalue weighted by molar-refractivity contribution is 7.99. The van der Waals surface area contributed by atoms with Crippen molar-refractivity contribution >= 4 is 22.7 Å². The molecule has 0 bridgehead atoms. The molecule has 0 amide bonds. The fourth-order valence-corrected chi connectivity index (χ4v) is 3.53. The van der Waals surface area contributed by atoms with Gasteiger partial charge in [0.25, 0.3) is 5.56 Å². The molecule has 100 valence electrons. The Hall–Kier alpha value is -1.33. The van der Waals surface area contributed by atoms with Crippen LogP contribution in [0.1, 0.15) is 12.2 Å². The van der Waals surface area contributed by atoms with Crippen molar-refractivity contribution in [3.63, 3.8) is 0 Å². The fourth-order valence-electron chi connectivity index (χ4n) is 2.34. The molecule has 2 aromatic rings. The van der Waals surface area contributed by atoms with Crippen LogP contribution >= 0.6 is 11.8 Å². The van der Waals surface area contributed by atoms with Crippen molar-refractivity contribution in [1.82, 2.24) is 15.3 Å². The number of rotatable bonds is 4. The van der Waals surface area contributed by atoms with Crippen LogP contribution in [0.4, 0.5) is 0 Å². The molecule has 2 heterocycles. The van der Waals surface area contributed by atoms with Gasteiger partial charge in [-0.2, -0.15) is 11.8 Å². The molecular formula is C14H17N3OS. The van der Waals surface area contributed by atoms with E-state index in [1.807, 2.05) is 30.0 Å². The summed E-state index contributed by atoms with van der Waals surface area (Å²) >= 11 is 2.00. The first-order chi connectivity index (χ1) is 9.33.